The van der Waals surface area contributed by atoms with Crippen molar-refractivity contribution in [2.45, 2.75) is 134 Å². The topological polar surface area (TPSA) is 183 Å². The minimum atomic E-state index is -1.95. The van der Waals surface area contributed by atoms with Crippen LogP contribution in [0.4, 0.5) is 0 Å². The zero-order valence-electron chi connectivity index (χ0n) is 36.4. The van der Waals surface area contributed by atoms with E-state index in [0.29, 0.717) is 5.56 Å². The number of hydrogen-bond donors (Lipinski definition) is 0. The van der Waals surface area contributed by atoms with Crippen LogP contribution in [0.1, 0.15) is 86.8 Å². The Morgan fingerprint density at radius 1 is 0.864 bits per heavy atom. The molecule has 0 amide bonds. The number of carbonyl (C=O) groups excluding carboxylic acids is 4. The molecule has 16 nitrogen and oxygen atoms in total. The standard InChI is InChI=1S/C43H58O16/c1-20(2)27(49-11)26-28-37(7,29(55-33(26)47)23-15-16-53-18-23)30(56-32(46)21(3)4)31(50-12)43-38(8)24(17-25(45)48-10)36(6)19-40(38)42(52-14,34(36)54-22(5)44)35(51-13)41(28,43)58-39(9,57-40)59-43/h15-16,18,20-21,24,28-31,34-35H,17,19H2,1-14H3/b27-26-/t24-,28?,29-,30?,31+,34?,35-,36?,37+,38?,39?,40?,41+,42-,43-/m0/s1. The largest absolute Gasteiger partial charge is 0.500 e. The molecule has 16 heteroatoms. The van der Waals surface area contributed by atoms with Crippen molar-refractivity contribution in [3.63, 3.8) is 0 Å². The molecule has 4 saturated carbocycles. The molecule has 4 heterocycles. The van der Waals surface area contributed by atoms with E-state index in [1.165, 1.54) is 55.0 Å². The van der Waals surface area contributed by atoms with E-state index in [2.05, 4.69) is 0 Å². The molecule has 59 heavy (non-hydrogen) atoms. The number of carbonyl (C=O) groups is 4. The first-order valence-corrected chi connectivity index (χ1v) is 20.3. The number of fused-ring (bicyclic) bond motifs is 3. The van der Waals surface area contributed by atoms with E-state index >= 15 is 4.79 Å². The summed E-state index contributed by atoms with van der Waals surface area (Å²) < 4.78 is 79.9. The van der Waals surface area contributed by atoms with Crippen molar-refractivity contribution in [2.75, 3.05) is 35.5 Å². The average Bonchev–Trinajstić information content (AvgIpc) is 3.86. The number of allylic oxidation sites excluding steroid dienone is 1. The third-order valence-electron chi connectivity index (χ3n) is 15.7. The predicted octanol–water partition coefficient (Wildman–Crippen LogP) is 4.57. The molecule has 0 N–H and O–H groups in total. The van der Waals surface area contributed by atoms with Gasteiger partial charge in [0.05, 0.1) is 43.7 Å². The Morgan fingerprint density at radius 3 is 2.08 bits per heavy atom. The second kappa shape index (κ2) is 13.0. The van der Waals surface area contributed by atoms with E-state index in [1.807, 2.05) is 34.6 Å². The molecule has 8 rings (SSSR count). The molecular weight excluding hydrogens is 772 g/mol. The fourth-order valence-electron chi connectivity index (χ4n) is 14.4. The Morgan fingerprint density at radius 2 is 1.56 bits per heavy atom. The Balaban J connectivity index is 1.61. The van der Waals surface area contributed by atoms with Crippen LogP contribution in [0.25, 0.3) is 0 Å². The summed E-state index contributed by atoms with van der Waals surface area (Å²) in [5.74, 6) is -7.08. The maximum atomic E-state index is 15.2. The molecule has 7 fully saturated rings. The van der Waals surface area contributed by atoms with Crippen LogP contribution >= 0.6 is 0 Å². The second-order valence-corrected chi connectivity index (χ2v) is 18.8. The molecule has 7 unspecified atom stereocenters. The van der Waals surface area contributed by atoms with Gasteiger partial charge in [0, 0.05) is 69.8 Å². The number of rotatable bonds is 11. The van der Waals surface area contributed by atoms with Crippen LogP contribution in [-0.2, 0) is 71.3 Å². The highest BCUT2D eigenvalue weighted by Crippen LogP contribution is 2.90. The summed E-state index contributed by atoms with van der Waals surface area (Å²) in [7, 11) is 7.29. The molecule has 2 spiro atoms. The molecule has 3 aliphatic heterocycles. The van der Waals surface area contributed by atoms with Gasteiger partial charge in [0.1, 0.15) is 53.1 Å². The first-order chi connectivity index (χ1) is 27.6. The Bertz CT molecular complexity index is 1980. The van der Waals surface area contributed by atoms with Gasteiger partial charge in [-0.05, 0) is 18.4 Å². The van der Waals surface area contributed by atoms with E-state index in [4.69, 9.17) is 56.5 Å². The van der Waals surface area contributed by atoms with Gasteiger partial charge in [0.25, 0.3) is 5.97 Å². The SMILES string of the molecule is COC(=O)C[C@H]1C2(C)CC34OC5(C)O[C@]6(C7/C(=C(/OC)C(C)C)C(=O)O[C@@H](c8ccoc8)[C@]7(C)C(OC(=O)C(C)C)[C@@H](OC)[C@]6(O5)C13C)[C@H](OC)[C@@]4(OC)C2OC(C)=O. The van der Waals surface area contributed by atoms with Gasteiger partial charge >= 0.3 is 23.9 Å². The van der Waals surface area contributed by atoms with Crippen LogP contribution in [0.2, 0.25) is 0 Å². The third-order valence-corrected chi connectivity index (χ3v) is 15.7. The minimum Gasteiger partial charge on any atom is -0.500 e. The van der Waals surface area contributed by atoms with Crippen LogP contribution in [0.3, 0.4) is 0 Å². The van der Waals surface area contributed by atoms with E-state index in [-0.39, 0.29) is 24.2 Å². The Hall–Kier alpha value is -3.54. The fourth-order valence-corrected chi connectivity index (χ4v) is 14.4. The molecule has 4 aliphatic carbocycles. The second-order valence-electron chi connectivity index (χ2n) is 18.8. The number of esters is 4. The van der Waals surface area contributed by atoms with Crippen molar-refractivity contribution in [2.24, 2.45) is 39.9 Å². The molecule has 0 radical (unpaired) electrons. The van der Waals surface area contributed by atoms with Crippen molar-refractivity contribution in [3.8, 4) is 0 Å². The van der Waals surface area contributed by atoms with E-state index in [1.54, 1.807) is 26.8 Å². The number of hydrogen-bond acceptors (Lipinski definition) is 16. The normalized spacial score (nSPS) is 48.1. The lowest BCUT2D eigenvalue weighted by molar-refractivity contribution is -0.494. The highest BCUT2D eigenvalue weighted by Gasteiger charge is 3.06. The van der Waals surface area contributed by atoms with Gasteiger partial charge in [-0.2, -0.15) is 0 Å². The third kappa shape index (κ3) is 4.40. The van der Waals surface area contributed by atoms with Crippen LogP contribution in [-0.4, -0.2) is 112 Å². The molecule has 4 bridgehead atoms. The summed E-state index contributed by atoms with van der Waals surface area (Å²) in [6.07, 6.45) is -3.18. The van der Waals surface area contributed by atoms with Crippen LogP contribution < -0.4 is 0 Å². The maximum absolute atomic E-state index is 15.2. The molecular formula is C43H58O16. The van der Waals surface area contributed by atoms with Crippen molar-refractivity contribution >= 4 is 23.9 Å². The van der Waals surface area contributed by atoms with Crippen molar-refractivity contribution in [3.05, 3.63) is 35.5 Å². The van der Waals surface area contributed by atoms with Gasteiger partial charge in [0.15, 0.2) is 5.60 Å². The van der Waals surface area contributed by atoms with Crippen LogP contribution in [0.15, 0.2) is 34.3 Å². The summed E-state index contributed by atoms with van der Waals surface area (Å²) >= 11 is 0. The van der Waals surface area contributed by atoms with Crippen LogP contribution in [0, 0.1) is 39.9 Å². The van der Waals surface area contributed by atoms with Gasteiger partial charge < -0.3 is 56.5 Å². The maximum Gasteiger partial charge on any atom is 0.338 e. The Labute approximate surface area is 344 Å². The average molecular weight is 831 g/mol. The van der Waals surface area contributed by atoms with E-state index in [0.717, 1.165) is 0 Å². The zero-order chi connectivity index (χ0) is 43.3. The predicted molar refractivity (Wildman–Crippen MR) is 200 cm³/mol. The number of cyclic esters (lactones) is 1. The first kappa shape index (κ1) is 42.2. The summed E-state index contributed by atoms with van der Waals surface area (Å²) in [4.78, 5) is 56.7. The Kier molecular flexibility index (Phi) is 9.28. The lowest BCUT2D eigenvalue weighted by Crippen LogP contribution is -2.97. The summed E-state index contributed by atoms with van der Waals surface area (Å²) in [5, 5.41) is 0. The van der Waals surface area contributed by atoms with Crippen molar-refractivity contribution in [1.29, 1.82) is 0 Å². The number of methoxy groups -OCH3 is 5. The van der Waals surface area contributed by atoms with E-state index in [9.17, 15) is 14.4 Å². The smallest absolute Gasteiger partial charge is 0.338 e. The monoisotopic (exact) mass is 830 g/mol. The highest BCUT2D eigenvalue weighted by atomic mass is 16.9. The summed E-state index contributed by atoms with van der Waals surface area (Å²) in [5.41, 5.74) is -10.5. The zero-order valence-corrected chi connectivity index (χ0v) is 36.4. The van der Waals surface area contributed by atoms with Gasteiger partial charge in [0.2, 0.25) is 0 Å². The molecule has 0 aromatic carbocycles. The molecule has 3 saturated heterocycles. The highest BCUT2D eigenvalue weighted by molar-refractivity contribution is 5.92. The van der Waals surface area contributed by atoms with Gasteiger partial charge in [-0.3, -0.25) is 14.4 Å². The lowest BCUT2D eigenvalue weighted by Gasteiger charge is -2.79. The van der Waals surface area contributed by atoms with E-state index < -0.39 is 123 Å². The number of ether oxygens (including phenoxy) is 11. The molecule has 1 aromatic rings. The molecule has 15 atom stereocenters. The molecule has 7 aliphatic rings. The van der Waals surface area contributed by atoms with Gasteiger partial charge in [-0.1, -0.05) is 48.5 Å². The summed E-state index contributed by atoms with van der Waals surface area (Å²) in [6.45, 7) is 15.9. The number of furan rings is 1. The van der Waals surface area contributed by atoms with Gasteiger partial charge in [-0.15, -0.1) is 0 Å². The minimum absolute atomic E-state index is 0.0852. The molecule has 326 valence electrons. The first-order valence-electron chi connectivity index (χ1n) is 20.3. The molecule has 1 aromatic heterocycles. The van der Waals surface area contributed by atoms with Gasteiger partial charge in [-0.25, -0.2) is 4.79 Å². The summed E-state index contributed by atoms with van der Waals surface area (Å²) in [6, 6.07) is 1.68. The van der Waals surface area contributed by atoms with Crippen LogP contribution in [0.5, 0.6) is 0 Å². The van der Waals surface area contributed by atoms with Crippen molar-refractivity contribution in [1.82, 2.24) is 0 Å². The van der Waals surface area contributed by atoms with Crippen molar-refractivity contribution < 1.29 is 75.7 Å². The fraction of sp³-hybridized carbons (Fsp3) is 0.767. The lowest BCUT2D eigenvalue weighted by atomic mass is 9.32. The quantitative estimate of drug-likeness (QED) is 0.131.